The number of nitrogens with one attached hydrogen (secondary N) is 1. The van der Waals surface area contributed by atoms with Gasteiger partial charge in [-0.25, -0.2) is 0 Å². The van der Waals surface area contributed by atoms with Gasteiger partial charge in [-0.3, -0.25) is 4.79 Å². The van der Waals surface area contributed by atoms with Crippen LogP contribution in [0, 0.1) is 0 Å². The third kappa shape index (κ3) is 5.76. The lowest BCUT2D eigenvalue weighted by Gasteiger charge is -2.05. The zero-order valence-electron chi connectivity index (χ0n) is 12.7. The average molecular weight is 304 g/mol. The van der Waals surface area contributed by atoms with E-state index in [2.05, 4.69) is 28.3 Å². The molecule has 0 bridgehead atoms. The molecule has 0 aliphatic carbocycles. The second kappa shape index (κ2) is 8.67. The number of hydrogen-bond acceptors (Lipinski definition) is 2. The van der Waals surface area contributed by atoms with Crippen molar-refractivity contribution in [3.63, 3.8) is 0 Å². The van der Waals surface area contributed by atoms with Gasteiger partial charge in [0.15, 0.2) is 0 Å². The first kappa shape index (κ1) is 15.8. The number of carbonyl (C=O) groups excluding carboxylic acids is 1. The van der Waals surface area contributed by atoms with Crippen molar-refractivity contribution in [1.29, 1.82) is 0 Å². The number of aryl methyl sites for hydroxylation is 2. The first-order valence-electron chi connectivity index (χ1n) is 7.71. The van der Waals surface area contributed by atoms with Gasteiger partial charge in [0, 0.05) is 36.8 Å². The SMILES string of the molecule is CCCCc1csc(CCC(=O)NCCn2cccc2)c1. The molecule has 0 unspecified atom stereocenters. The zero-order chi connectivity index (χ0) is 14.9. The molecule has 0 aromatic carbocycles. The summed E-state index contributed by atoms with van der Waals surface area (Å²) in [5.74, 6) is 0.144. The molecule has 2 rings (SSSR count). The fraction of sp³-hybridized carbons (Fsp3) is 0.471. The standard InChI is InChI=1S/C17H24N2OS/c1-2-3-6-15-13-16(21-14-15)7-8-17(20)18-9-12-19-10-4-5-11-19/h4-5,10-11,13-14H,2-3,6-9,12H2,1H3,(H,18,20). The van der Waals surface area contributed by atoms with Crippen LogP contribution in [0.15, 0.2) is 36.0 Å². The molecule has 0 atom stereocenters. The Kier molecular flexibility index (Phi) is 6.54. The first-order chi connectivity index (χ1) is 10.3. The Labute approximate surface area is 131 Å². The summed E-state index contributed by atoms with van der Waals surface area (Å²) >= 11 is 1.78. The highest BCUT2D eigenvalue weighted by Gasteiger charge is 2.04. The minimum Gasteiger partial charge on any atom is -0.354 e. The second-order valence-corrected chi connectivity index (χ2v) is 6.29. The highest BCUT2D eigenvalue weighted by atomic mass is 32.1. The Morgan fingerprint density at radius 2 is 2.10 bits per heavy atom. The Hall–Kier alpha value is -1.55. The molecule has 21 heavy (non-hydrogen) atoms. The van der Waals surface area contributed by atoms with E-state index in [1.807, 2.05) is 24.5 Å². The molecule has 1 amide bonds. The smallest absolute Gasteiger partial charge is 0.220 e. The fourth-order valence-corrected chi connectivity index (χ4v) is 3.17. The van der Waals surface area contributed by atoms with E-state index in [4.69, 9.17) is 0 Å². The largest absolute Gasteiger partial charge is 0.354 e. The van der Waals surface area contributed by atoms with Crippen LogP contribution in [-0.2, 0) is 24.2 Å². The lowest BCUT2D eigenvalue weighted by Crippen LogP contribution is -2.27. The van der Waals surface area contributed by atoms with E-state index < -0.39 is 0 Å². The van der Waals surface area contributed by atoms with Gasteiger partial charge in [0.25, 0.3) is 0 Å². The van der Waals surface area contributed by atoms with Crippen molar-refractivity contribution in [2.75, 3.05) is 6.54 Å². The molecule has 2 aromatic heterocycles. The molecule has 0 radical (unpaired) electrons. The molecule has 2 heterocycles. The van der Waals surface area contributed by atoms with E-state index in [9.17, 15) is 4.79 Å². The maximum Gasteiger partial charge on any atom is 0.220 e. The molecule has 0 aliphatic rings. The van der Waals surface area contributed by atoms with Gasteiger partial charge >= 0.3 is 0 Å². The molecule has 4 heteroatoms. The molecule has 3 nitrogen and oxygen atoms in total. The minimum absolute atomic E-state index is 0.144. The van der Waals surface area contributed by atoms with Crippen molar-refractivity contribution in [2.45, 2.75) is 45.6 Å². The molecule has 0 aliphatic heterocycles. The number of hydrogen-bond donors (Lipinski definition) is 1. The molecule has 1 N–H and O–H groups in total. The molecular weight excluding hydrogens is 280 g/mol. The van der Waals surface area contributed by atoms with Crippen LogP contribution in [-0.4, -0.2) is 17.0 Å². The van der Waals surface area contributed by atoms with E-state index >= 15 is 0 Å². The van der Waals surface area contributed by atoms with Gasteiger partial charge in [0.05, 0.1) is 0 Å². The summed E-state index contributed by atoms with van der Waals surface area (Å²) in [6.07, 6.45) is 9.10. The van der Waals surface area contributed by atoms with Crippen molar-refractivity contribution in [3.8, 4) is 0 Å². The van der Waals surface area contributed by atoms with Gasteiger partial charge in [-0.05, 0) is 48.4 Å². The van der Waals surface area contributed by atoms with E-state index in [1.165, 1.54) is 23.3 Å². The molecule has 0 saturated carbocycles. The van der Waals surface area contributed by atoms with Crippen LogP contribution < -0.4 is 5.32 Å². The van der Waals surface area contributed by atoms with Gasteiger partial charge in [-0.1, -0.05) is 13.3 Å². The van der Waals surface area contributed by atoms with Gasteiger partial charge < -0.3 is 9.88 Å². The topological polar surface area (TPSA) is 34.0 Å². The van der Waals surface area contributed by atoms with Crippen LogP contribution >= 0.6 is 11.3 Å². The van der Waals surface area contributed by atoms with Crippen LogP contribution in [0.3, 0.4) is 0 Å². The third-order valence-electron chi connectivity index (χ3n) is 3.48. The van der Waals surface area contributed by atoms with Crippen molar-refractivity contribution < 1.29 is 4.79 Å². The third-order valence-corrected chi connectivity index (χ3v) is 4.53. The molecular formula is C17H24N2OS. The van der Waals surface area contributed by atoms with E-state index in [1.54, 1.807) is 11.3 Å². The summed E-state index contributed by atoms with van der Waals surface area (Å²) in [4.78, 5) is 13.1. The predicted octanol–water partition coefficient (Wildman–Crippen LogP) is 3.64. The monoisotopic (exact) mass is 304 g/mol. The zero-order valence-corrected chi connectivity index (χ0v) is 13.5. The number of unbranched alkanes of at least 4 members (excludes halogenated alkanes) is 1. The number of thiophene rings is 1. The molecule has 114 valence electrons. The van der Waals surface area contributed by atoms with Crippen molar-refractivity contribution in [1.82, 2.24) is 9.88 Å². The number of rotatable bonds is 9. The number of amides is 1. The van der Waals surface area contributed by atoms with E-state index in [0.717, 1.165) is 19.4 Å². The average Bonchev–Trinajstić information content (AvgIpc) is 3.14. The summed E-state index contributed by atoms with van der Waals surface area (Å²) in [7, 11) is 0. The van der Waals surface area contributed by atoms with Gasteiger partial charge in [-0.2, -0.15) is 0 Å². The summed E-state index contributed by atoms with van der Waals surface area (Å²) in [5.41, 5.74) is 1.42. The maximum absolute atomic E-state index is 11.8. The predicted molar refractivity (Wildman–Crippen MR) is 88.7 cm³/mol. The van der Waals surface area contributed by atoms with Crippen LogP contribution in [0.4, 0.5) is 0 Å². The second-order valence-electron chi connectivity index (χ2n) is 5.30. The van der Waals surface area contributed by atoms with Crippen LogP contribution in [0.1, 0.15) is 36.6 Å². The quantitative estimate of drug-likeness (QED) is 0.754. The summed E-state index contributed by atoms with van der Waals surface area (Å²) in [6, 6.07) is 6.25. The van der Waals surface area contributed by atoms with Crippen LogP contribution in [0.25, 0.3) is 0 Å². The van der Waals surface area contributed by atoms with Crippen molar-refractivity contribution in [3.05, 3.63) is 46.4 Å². The van der Waals surface area contributed by atoms with E-state index in [-0.39, 0.29) is 5.91 Å². The minimum atomic E-state index is 0.144. The number of carbonyl (C=O) groups is 1. The molecule has 0 spiro atoms. The van der Waals surface area contributed by atoms with Gasteiger partial charge in [0.1, 0.15) is 0 Å². The maximum atomic E-state index is 11.8. The number of aromatic nitrogens is 1. The summed E-state index contributed by atoms with van der Waals surface area (Å²) in [6.45, 7) is 3.74. The Morgan fingerprint density at radius 1 is 1.29 bits per heavy atom. The van der Waals surface area contributed by atoms with Gasteiger partial charge in [-0.15, -0.1) is 11.3 Å². The highest BCUT2D eigenvalue weighted by molar-refractivity contribution is 7.10. The molecule has 0 fully saturated rings. The Bertz CT molecular complexity index is 531. The lowest BCUT2D eigenvalue weighted by atomic mass is 10.1. The van der Waals surface area contributed by atoms with Crippen molar-refractivity contribution >= 4 is 17.2 Å². The molecule has 0 saturated heterocycles. The lowest BCUT2D eigenvalue weighted by molar-refractivity contribution is -0.121. The first-order valence-corrected chi connectivity index (χ1v) is 8.59. The Balaban J connectivity index is 1.63. The van der Waals surface area contributed by atoms with Gasteiger partial charge in [0.2, 0.25) is 5.91 Å². The summed E-state index contributed by atoms with van der Waals surface area (Å²) in [5, 5.41) is 5.21. The molecule has 2 aromatic rings. The van der Waals surface area contributed by atoms with Crippen LogP contribution in [0.2, 0.25) is 0 Å². The Morgan fingerprint density at radius 3 is 2.86 bits per heavy atom. The summed E-state index contributed by atoms with van der Waals surface area (Å²) < 4.78 is 2.07. The van der Waals surface area contributed by atoms with Crippen LogP contribution in [0.5, 0.6) is 0 Å². The van der Waals surface area contributed by atoms with E-state index in [0.29, 0.717) is 13.0 Å². The normalized spacial score (nSPS) is 10.7. The van der Waals surface area contributed by atoms with Crippen molar-refractivity contribution in [2.24, 2.45) is 0 Å². The highest BCUT2D eigenvalue weighted by Crippen LogP contribution is 2.18. The fourth-order valence-electron chi connectivity index (χ4n) is 2.24. The number of nitrogens with zero attached hydrogens (tertiary/aromatic N) is 1.